The monoisotopic (exact) mass is 172 g/mol. The Hall–Kier alpha value is -0.0800. The van der Waals surface area contributed by atoms with Gasteiger partial charge in [-0.3, -0.25) is 0 Å². The van der Waals surface area contributed by atoms with Gasteiger partial charge in [0.15, 0.2) is 0 Å². The van der Waals surface area contributed by atoms with Crippen molar-refractivity contribution < 1.29 is 9.47 Å². The Morgan fingerprint density at radius 3 is 2.67 bits per heavy atom. The van der Waals surface area contributed by atoms with Gasteiger partial charge in [0.1, 0.15) is 0 Å². The van der Waals surface area contributed by atoms with E-state index >= 15 is 0 Å². The van der Waals surface area contributed by atoms with Crippen LogP contribution in [0, 0.1) is 5.92 Å². The summed E-state index contributed by atoms with van der Waals surface area (Å²) < 4.78 is 11.1. The van der Waals surface area contributed by atoms with Gasteiger partial charge in [-0.2, -0.15) is 0 Å². The summed E-state index contributed by atoms with van der Waals surface area (Å²) in [4.78, 5) is 0. The highest BCUT2D eigenvalue weighted by molar-refractivity contribution is 4.67. The zero-order valence-corrected chi connectivity index (χ0v) is 8.38. The molecule has 1 rings (SSSR count). The lowest BCUT2D eigenvalue weighted by Crippen LogP contribution is -2.29. The van der Waals surface area contributed by atoms with Gasteiger partial charge in [0.2, 0.25) is 0 Å². The molecule has 0 amide bonds. The molecule has 1 saturated heterocycles. The van der Waals surface area contributed by atoms with Crippen LogP contribution in [0.5, 0.6) is 0 Å². The van der Waals surface area contributed by atoms with E-state index in [4.69, 9.17) is 9.47 Å². The smallest absolute Gasteiger partial charge is 0.0808 e. The Morgan fingerprint density at radius 2 is 2.17 bits per heavy atom. The summed E-state index contributed by atoms with van der Waals surface area (Å²) >= 11 is 0. The van der Waals surface area contributed by atoms with E-state index in [0.717, 1.165) is 25.6 Å². The van der Waals surface area contributed by atoms with E-state index in [2.05, 4.69) is 20.8 Å². The first kappa shape index (κ1) is 10.0. The topological polar surface area (TPSA) is 18.5 Å². The van der Waals surface area contributed by atoms with Crippen molar-refractivity contribution in [1.29, 1.82) is 0 Å². The van der Waals surface area contributed by atoms with Crippen LogP contribution in [0.1, 0.15) is 33.6 Å². The van der Waals surface area contributed by atoms with Crippen molar-refractivity contribution in [2.45, 2.75) is 45.8 Å². The predicted molar refractivity (Wildman–Crippen MR) is 49.2 cm³/mol. The van der Waals surface area contributed by atoms with Crippen LogP contribution in [-0.2, 0) is 9.47 Å². The standard InChI is InChI=1S/C10H20O2/c1-8(2)11-7-10-5-4-9(3)6-12-10/h8-10H,4-7H2,1-3H3. The molecule has 12 heavy (non-hydrogen) atoms. The Labute approximate surface area is 75.2 Å². The van der Waals surface area contributed by atoms with E-state index in [1.807, 2.05) is 0 Å². The highest BCUT2D eigenvalue weighted by Gasteiger charge is 2.18. The van der Waals surface area contributed by atoms with Crippen LogP contribution in [0.3, 0.4) is 0 Å². The molecule has 0 aliphatic carbocycles. The fourth-order valence-electron chi connectivity index (χ4n) is 1.37. The Balaban J connectivity index is 2.09. The van der Waals surface area contributed by atoms with Crippen molar-refractivity contribution in [1.82, 2.24) is 0 Å². The van der Waals surface area contributed by atoms with Gasteiger partial charge in [0.05, 0.1) is 18.8 Å². The normalized spacial score (nSPS) is 31.0. The van der Waals surface area contributed by atoms with Gasteiger partial charge in [0, 0.05) is 6.61 Å². The minimum Gasteiger partial charge on any atom is -0.376 e. The fourth-order valence-corrected chi connectivity index (χ4v) is 1.37. The summed E-state index contributed by atoms with van der Waals surface area (Å²) in [5.41, 5.74) is 0. The molecule has 0 spiro atoms. The third-order valence-corrected chi connectivity index (χ3v) is 2.21. The van der Waals surface area contributed by atoms with Crippen LogP contribution >= 0.6 is 0 Å². The molecule has 1 fully saturated rings. The van der Waals surface area contributed by atoms with E-state index < -0.39 is 0 Å². The molecule has 2 unspecified atom stereocenters. The molecule has 72 valence electrons. The van der Waals surface area contributed by atoms with Gasteiger partial charge < -0.3 is 9.47 Å². The zero-order valence-electron chi connectivity index (χ0n) is 8.38. The third-order valence-electron chi connectivity index (χ3n) is 2.21. The zero-order chi connectivity index (χ0) is 8.97. The Bertz CT molecular complexity index is 115. The van der Waals surface area contributed by atoms with E-state index in [9.17, 15) is 0 Å². The molecule has 2 nitrogen and oxygen atoms in total. The largest absolute Gasteiger partial charge is 0.376 e. The van der Waals surface area contributed by atoms with Gasteiger partial charge >= 0.3 is 0 Å². The molecule has 1 aliphatic heterocycles. The van der Waals surface area contributed by atoms with Crippen molar-refractivity contribution in [2.75, 3.05) is 13.2 Å². The minimum absolute atomic E-state index is 0.327. The molecular formula is C10H20O2. The molecule has 0 aromatic carbocycles. The van der Waals surface area contributed by atoms with Crippen LogP contribution in [0.4, 0.5) is 0 Å². The van der Waals surface area contributed by atoms with Crippen molar-refractivity contribution in [3.8, 4) is 0 Å². The quantitative estimate of drug-likeness (QED) is 0.650. The van der Waals surface area contributed by atoms with Gasteiger partial charge in [-0.1, -0.05) is 6.92 Å². The van der Waals surface area contributed by atoms with Gasteiger partial charge in [-0.15, -0.1) is 0 Å². The highest BCUT2D eigenvalue weighted by Crippen LogP contribution is 2.18. The Kier molecular flexibility index (Phi) is 4.02. The lowest BCUT2D eigenvalue weighted by atomic mass is 10.0. The second kappa shape index (κ2) is 4.83. The summed E-state index contributed by atoms with van der Waals surface area (Å²) in [7, 11) is 0. The van der Waals surface area contributed by atoms with E-state index in [-0.39, 0.29) is 0 Å². The van der Waals surface area contributed by atoms with Crippen LogP contribution < -0.4 is 0 Å². The molecule has 1 aliphatic rings. The van der Waals surface area contributed by atoms with Crippen LogP contribution in [0.25, 0.3) is 0 Å². The third kappa shape index (κ3) is 3.55. The lowest BCUT2D eigenvalue weighted by molar-refractivity contribution is -0.0698. The molecule has 0 radical (unpaired) electrons. The molecule has 2 atom stereocenters. The van der Waals surface area contributed by atoms with Crippen molar-refractivity contribution in [3.63, 3.8) is 0 Å². The molecule has 0 aromatic rings. The lowest BCUT2D eigenvalue weighted by Gasteiger charge is -2.27. The van der Waals surface area contributed by atoms with Crippen molar-refractivity contribution in [3.05, 3.63) is 0 Å². The molecule has 2 heteroatoms. The summed E-state index contributed by atoms with van der Waals surface area (Å²) in [6, 6.07) is 0. The maximum atomic E-state index is 5.62. The molecule has 0 N–H and O–H groups in total. The first-order valence-corrected chi connectivity index (χ1v) is 4.91. The van der Waals surface area contributed by atoms with E-state index in [1.54, 1.807) is 0 Å². The van der Waals surface area contributed by atoms with E-state index in [0.29, 0.717) is 12.2 Å². The second-order valence-electron chi connectivity index (χ2n) is 4.02. The number of hydrogen-bond acceptors (Lipinski definition) is 2. The maximum absolute atomic E-state index is 5.62. The minimum atomic E-state index is 0.327. The van der Waals surface area contributed by atoms with E-state index in [1.165, 1.54) is 6.42 Å². The van der Waals surface area contributed by atoms with Gasteiger partial charge in [0.25, 0.3) is 0 Å². The molecule has 0 saturated carbocycles. The number of ether oxygens (including phenoxy) is 2. The highest BCUT2D eigenvalue weighted by atomic mass is 16.5. The molecule has 0 aromatic heterocycles. The first-order chi connectivity index (χ1) is 5.68. The fraction of sp³-hybridized carbons (Fsp3) is 1.00. The van der Waals surface area contributed by atoms with Crippen LogP contribution in [0.15, 0.2) is 0 Å². The summed E-state index contributed by atoms with van der Waals surface area (Å²) in [5, 5.41) is 0. The van der Waals surface area contributed by atoms with Crippen LogP contribution in [-0.4, -0.2) is 25.4 Å². The molecular weight excluding hydrogens is 152 g/mol. The van der Waals surface area contributed by atoms with Gasteiger partial charge in [-0.05, 0) is 32.6 Å². The van der Waals surface area contributed by atoms with Crippen molar-refractivity contribution >= 4 is 0 Å². The average Bonchev–Trinajstić information content (AvgIpc) is 2.03. The Morgan fingerprint density at radius 1 is 1.42 bits per heavy atom. The summed E-state index contributed by atoms with van der Waals surface area (Å²) in [6.45, 7) is 8.03. The number of rotatable bonds is 3. The number of hydrogen-bond donors (Lipinski definition) is 0. The predicted octanol–water partition coefficient (Wildman–Crippen LogP) is 2.23. The first-order valence-electron chi connectivity index (χ1n) is 4.91. The average molecular weight is 172 g/mol. The second-order valence-corrected chi connectivity index (χ2v) is 4.02. The molecule has 0 bridgehead atoms. The summed E-state index contributed by atoms with van der Waals surface area (Å²) in [6.07, 6.45) is 3.12. The summed E-state index contributed by atoms with van der Waals surface area (Å²) in [5.74, 6) is 0.736. The maximum Gasteiger partial charge on any atom is 0.0808 e. The molecule has 1 heterocycles. The van der Waals surface area contributed by atoms with Crippen molar-refractivity contribution in [2.24, 2.45) is 5.92 Å². The van der Waals surface area contributed by atoms with Gasteiger partial charge in [-0.25, -0.2) is 0 Å². The SMILES string of the molecule is CC1CCC(COC(C)C)OC1. The van der Waals surface area contributed by atoms with Crippen LogP contribution in [0.2, 0.25) is 0 Å².